The fourth-order valence-electron chi connectivity index (χ4n) is 1.29. The third-order valence-electron chi connectivity index (χ3n) is 2.15. The van der Waals surface area contributed by atoms with E-state index in [1.165, 1.54) is 6.20 Å². The number of nitrogens with one attached hydrogen (secondary N) is 1. The van der Waals surface area contributed by atoms with Crippen LogP contribution in [0.5, 0.6) is 11.5 Å². The molecule has 3 N–H and O–H groups in total. The lowest BCUT2D eigenvalue weighted by Crippen LogP contribution is -2.00. The predicted molar refractivity (Wildman–Crippen MR) is 61.3 cm³/mol. The number of aromatic hydroxyl groups is 2. The van der Waals surface area contributed by atoms with Crippen molar-refractivity contribution in [1.82, 2.24) is 4.98 Å². The highest BCUT2D eigenvalue weighted by atomic mass is 16.3. The third kappa shape index (κ3) is 2.63. The highest BCUT2D eigenvalue weighted by Crippen LogP contribution is 2.14. The molecule has 16 heavy (non-hydrogen) atoms. The van der Waals surface area contributed by atoms with E-state index in [0.29, 0.717) is 6.54 Å². The van der Waals surface area contributed by atoms with E-state index < -0.39 is 0 Å². The van der Waals surface area contributed by atoms with Crippen LogP contribution in [0.4, 0.5) is 5.69 Å². The smallest absolute Gasteiger partial charge is 0.133 e. The molecule has 0 amide bonds. The summed E-state index contributed by atoms with van der Waals surface area (Å²) in [6, 6.07) is 10.2. The van der Waals surface area contributed by atoms with E-state index in [2.05, 4.69) is 10.3 Å². The van der Waals surface area contributed by atoms with Gasteiger partial charge in [0.05, 0.1) is 18.4 Å². The van der Waals surface area contributed by atoms with Crippen LogP contribution in [0.25, 0.3) is 0 Å². The monoisotopic (exact) mass is 216 g/mol. The summed E-state index contributed by atoms with van der Waals surface area (Å²) >= 11 is 0. The first-order chi connectivity index (χ1) is 7.74. The molecule has 0 atom stereocenters. The Morgan fingerprint density at radius 1 is 0.938 bits per heavy atom. The molecule has 0 saturated carbocycles. The Balaban J connectivity index is 1.97. The molecule has 82 valence electrons. The summed E-state index contributed by atoms with van der Waals surface area (Å²) in [5.74, 6) is 0.404. The van der Waals surface area contributed by atoms with Crippen molar-refractivity contribution in [3.63, 3.8) is 0 Å². The van der Waals surface area contributed by atoms with Crippen molar-refractivity contribution in [2.24, 2.45) is 0 Å². The quantitative estimate of drug-likeness (QED) is 0.687. The number of hydrogen-bond acceptors (Lipinski definition) is 4. The topological polar surface area (TPSA) is 65.4 Å². The Morgan fingerprint density at radius 2 is 1.62 bits per heavy atom. The highest BCUT2D eigenvalue weighted by molar-refractivity contribution is 5.46. The molecule has 1 aromatic heterocycles. The van der Waals surface area contributed by atoms with Gasteiger partial charge in [0.25, 0.3) is 0 Å². The molecule has 0 unspecified atom stereocenters. The molecule has 0 spiro atoms. The molecular formula is C12H12N2O2. The van der Waals surface area contributed by atoms with Gasteiger partial charge < -0.3 is 15.5 Å². The standard InChI is InChI=1S/C12H12N2O2/c15-11-4-1-9(2-5-11)13-7-10-3-6-12(16)8-14-10/h1-6,8,13,15-16H,7H2. The van der Waals surface area contributed by atoms with E-state index in [4.69, 9.17) is 10.2 Å². The van der Waals surface area contributed by atoms with Gasteiger partial charge in [0, 0.05) is 5.69 Å². The van der Waals surface area contributed by atoms with Crippen LogP contribution in [-0.4, -0.2) is 15.2 Å². The van der Waals surface area contributed by atoms with Crippen molar-refractivity contribution < 1.29 is 10.2 Å². The maximum Gasteiger partial charge on any atom is 0.133 e. The highest BCUT2D eigenvalue weighted by Gasteiger charge is 1.96. The van der Waals surface area contributed by atoms with Crippen molar-refractivity contribution in [2.75, 3.05) is 5.32 Å². The first-order valence-electron chi connectivity index (χ1n) is 4.91. The maximum atomic E-state index is 9.10. The first-order valence-corrected chi connectivity index (χ1v) is 4.91. The number of pyridine rings is 1. The van der Waals surface area contributed by atoms with Crippen LogP contribution in [0.15, 0.2) is 42.6 Å². The molecular weight excluding hydrogens is 204 g/mol. The second kappa shape index (κ2) is 4.53. The molecule has 1 heterocycles. The molecule has 2 aromatic rings. The van der Waals surface area contributed by atoms with Crippen LogP contribution < -0.4 is 5.32 Å². The summed E-state index contributed by atoms with van der Waals surface area (Å²) in [6.07, 6.45) is 1.41. The Bertz CT molecular complexity index is 406. The molecule has 0 aliphatic rings. The predicted octanol–water partition coefficient (Wildman–Crippen LogP) is 2.10. The number of hydrogen-bond donors (Lipinski definition) is 3. The molecule has 0 aliphatic carbocycles. The maximum absolute atomic E-state index is 9.10. The van der Waals surface area contributed by atoms with E-state index in [9.17, 15) is 0 Å². The molecule has 0 saturated heterocycles. The van der Waals surface area contributed by atoms with E-state index in [1.807, 2.05) is 0 Å². The number of phenols is 1. The molecule has 0 fully saturated rings. The lowest BCUT2D eigenvalue weighted by atomic mass is 10.3. The summed E-state index contributed by atoms with van der Waals surface area (Å²) in [5, 5.41) is 21.3. The summed E-state index contributed by atoms with van der Waals surface area (Å²) in [7, 11) is 0. The van der Waals surface area contributed by atoms with E-state index in [0.717, 1.165) is 11.4 Å². The number of aromatic nitrogens is 1. The largest absolute Gasteiger partial charge is 0.508 e. The minimum Gasteiger partial charge on any atom is -0.508 e. The van der Waals surface area contributed by atoms with Crippen molar-refractivity contribution in [3.8, 4) is 11.5 Å². The van der Waals surface area contributed by atoms with Crippen LogP contribution in [0.3, 0.4) is 0 Å². The van der Waals surface area contributed by atoms with Gasteiger partial charge in [-0.05, 0) is 36.4 Å². The van der Waals surface area contributed by atoms with Crippen molar-refractivity contribution in [2.45, 2.75) is 6.54 Å². The van der Waals surface area contributed by atoms with Crippen LogP contribution in [0.1, 0.15) is 5.69 Å². The molecule has 4 nitrogen and oxygen atoms in total. The molecule has 0 radical (unpaired) electrons. The van der Waals surface area contributed by atoms with Crippen molar-refractivity contribution >= 4 is 5.69 Å². The minimum absolute atomic E-state index is 0.161. The Morgan fingerprint density at radius 3 is 2.25 bits per heavy atom. The summed E-state index contributed by atoms with van der Waals surface area (Å²) in [5.41, 5.74) is 1.75. The molecule has 1 aromatic carbocycles. The van der Waals surface area contributed by atoms with Crippen LogP contribution in [-0.2, 0) is 6.54 Å². The number of benzene rings is 1. The minimum atomic E-state index is 0.161. The Kier molecular flexibility index (Phi) is 2.91. The van der Waals surface area contributed by atoms with E-state index in [-0.39, 0.29) is 11.5 Å². The van der Waals surface area contributed by atoms with Crippen LogP contribution >= 0.6 is 0 Å². The van der Waals surface area contributed by atoms with Gasteiger partial charge in [0.1, 0.15) is 11.5 Å². The second-order valence-corrected chi connectivity index (χ2v) is 3.41. The lowest BCUT2D eigenvalue weighted by molar-refractivity contribution is 0.472. The number of rotatable bonds is 3. The van der Waals surface area contributed by atoms with Gasteiger partial charge in [0.15, 0.2) is 0 Å². The van der Waals surface area contributed by atoms with Gasteiger partial charge in [-0.3, -0.25) is 4.98 Å². The van der Waals surface area contributed by atoms with Gasteiger partial charge in [0.2, 0.25) is 0 Å². The van der Waals surface area contributed by atoms with Gasteiger partial charge in [-0.15, -0.1) is 0 Å². The number of anilines is 1. The zero-order valence-corrected chi connectivity index (χ0v) is 8.59. The van der Waals surface area contributed by atoms with Crippen molar-refractivity contribution in [1.29, 1.82) is 0 Å². The fourth-order valence-corrected chi connectivity index (χ4v) is 1.29. The zero-order valence-electron chi connectivity index (χ0n) is 8.59. The zero-order chi connectivity index (χ0) is 11.4. The van der Waals surface area contributed by atoms with Gasteiger partial charge >= 0.3 is 0 Å². The summed E-state index contributed by atoms with van der Waals surface area (Å²) < 4.78 is 0. The average molecular weight is 216 g/mol. The molecule has 0 aliphatic heterocycles. The first kappa shape index (κ1) is 10.3. The molecule has 4 heteroatoms. The second-order valence-electron chi connectivity index (χ2n) is 3.41. The van der Waals surface area contributed by atoms with Gasteiger partial charge in [-0.1, -0.05) is 0 Å². The lowest BCUT2D eigenvalue weighted by Gasteiger charge is -2.05. The molecule has 0 bridgehead atoms. The molecule has 2 rings (SSSR count). The van der Waals surface area contributed by atoms with Crippen LogP contribution in [0, 0.1) is 0 Å². The Hall–Kier alpha value is -2.23. The summed E-state index contributed by atoms with van der Waals surface area (Å²) in [6.45, 7) is 0.574. The SMILES string of the molecule is Oc1ccc(NCc2ccc(O)cn2)cc1. The third-order valence-corrected chi connectivity index (χ3v) is 2.15. The van der Waals surface area contributed by atoms with Crippen LogP contribution in [0.2, 0.25) is 0 Å². The normalized spacial score (nSPS) is 10.0. The Labute approximate surface area is 93.2 Å². The van der Waals surface area contributed by atoms with Crippen molar-refractivity contribution in [3.05, 3.63) is 48.3 Å². The van der Waals surface area contributed by atoms with E-state index in [1.54, 1.807) is 36.4 Å². The number of phenolic OH excluding ortho intramolecular Hbond substituents is 1. The van der Waals surface area contributed by atoms with E-state index >= 15 is 0 Å². The summed E-state index contributed by atoms with van der Waals surface area (Å²) in [4.78, 5) is 4.05. The van der Waals surface area contributed by atoms with Gasteiger partial charge in [-0.25, -0.2) is 0 Å². The fraction of sp³-hybridized carbons (Fsp3) is 0.0833. The van der Waals surface area contributed by atoms with Gasteiger partial charge in [-0.2, -0.15) is 0 Å². The number of nitrogens with zero attached hydrogens (tertiary/aromatic N) is 1. The average Bonchev–Trinajstić information content (AvgIpc) is 2.30.